The quantitative estimate of drug-likeness (QED) is 0.634. The molecule has 0 saturated carbocycles. The van der Waals surface area contributed by atoms with Crippen LogP contribution in [0.2, 0.25) is 0 Å². The number of amides is 2. The number of ether oxygens (including phenoxy) is 1. The Hall–Kier alpha value is -3.00. The number of carbonyl (C=O) groups excluding carboxylic acids is 2. The molecule has 6 nitrogen and oxygen atoms in total. The number of nitrogens with one attached hydrogen (secondary N) is 2. The number of thiophene rings is 1. The van der Waals surface area contributed by atoms with Crippen LogP contribution in [-0.4, -0.2) is 42.5 Å². The van der Waals surface area contributed by atoms with Crippen LogP contribution in [0.4, 0.5) is 11.4 Å². The zero-order valence-electron chi connectivity index (χ0n) is 16.4. The molecule has 1 aromatic heterocycles. The minimum Gasteiger partial charge on any atom is -0.366 e. The van der Waals surface area contributed by atoms with E-state index in [0.29, 0.717) is 29.4 Å². The first kappa shape index (κ1) is 20.3. The van der Waals surface area contributed by atoms with Crippen molar-refractivity contribution in [2.75, 3.05) is 30.3 Å². The molecule has 3 aromatic rings. The summed E-state index contributed by atoms with van der Waals surface area (Å²) >= 11 is 1.39. The molecule has 0 spiro atoms. The second-order valence-electron chi connectivity index (χ2n) is 7.08. The van der Waals surface area contributed by atoms with Crippen LogP contribution in [0.25, 0.3) is 0 Å². The van der Waals surface area contributed by atoms with E-state index in [1.165, 1.54) is 16.9 Å². The molecule has 2 amide bonds. The Morgan fingerprint density at radius 3 is 2.40 bits per heavy atom. The molecule has 7 heteroatoms. The summed E-state index contributed by atoms with van der Waals surface area (Å²) < 4.78 is 5.69. The molecule has 1 atom stereocenters. The Bertz CT molecular complexity index is 975. The highest BCUT2D eigenvalue weighted by Crippen LogP contribution is 2.18. The van der Waals surface area contributed by atoms with Crippen LogP contribution in [-0.2, 0) is 16.1 Å². The molecule has 30 heavy (non-hydrogen) atoms. The molecule has 0 radical (unpaired) electrons. The van der Waals surface area contributed by atoms with E-state index in [1.54, 1.807) is 30.3 Å². The second kappa shape index (κ2) is 9.67. The maximum absolute atomic E-state index is 12.7. The molecule has 1 saturated heterocycles. The average Bonchev–Trinajstić information content (AvgIpc) is 3.31. The highest BCUT2D eigenvalue weighted by atomic mass is 32.1. The number of benzene rings is 2. The third-order valence-corrected chi connectivity index (χ3v) is 5.72. The second-order valence-corrected chi connectivity index (χ2v) is 8.03. The molecule has 2 heterocycles. The minimum atomic E-state index is -0.513. The predicted molar refractivity (Wildman–Crippen MR) is 119 cm³/mol. The number of rotatable bonds is 6. The van der Waals surface area contributed by atoms with Crippen LogP contribution in [0.15, 0.2) is 72.1 Å². The van der Waals surface area contributed by atoms with Crippen LogP contribution in [0.5, 0.6) is 0 Å². The standard InChI is InChI=1S/C23H23N3O3S/c27-22(20-16-26(12-13-29-20)15-17-5-2-1-3-6-17)24-18-8-10-19(11-9-18)25-23(28)21-7-4-14-30-21/h1-11,14,20H,12-13,15-16H2,(H,24,27)(H,25,28). The molecule has 2 aromatic carbocycles. The van der Waals surface area contributed by atoms with Gasteiger partial charge in [0.05, 0.1) is 11.5 Å². The van der Waals surface area contributed by atoms with E-state index in [2.05, 4.69) is 27.7 Å². The van der Waals surface area contributed by atoms with Crippen LogP contribution < -0.4 is 10.6 Å². The van der Waals surface area contributed by atoms with Gasteiger partial charge in [0.15, 0.2) is 0 Å². The van der Waals surface area contributed by atoms with E-state index in [9.17, 15) is 9.59 Å². The maximum Gasteiger partial charge on any atom is 0.265 e. The molecule has 1 aliphatic heterocycles. The highest BCUT2D eigenvalue weighted by Gasteiger charge is 2.26. The van der Waals surface area contributed by atoms with Crippen LogP contribution in [0.3, 0.4) is 0 Å². The van der Waals surface area contributed by atoms with Gasteiger partial charge in [-0.3, -0.25) is 14.5 Å². The molecular weight excluding hydrogens is 398 g/mol. The fourth-order valence-corrected chi connectivity index (χ4v) is 3.93. The zero-order chi connectivity index (χ0) is 20.8. The van der Waals surface area contributed by atoms with E-state index in [1.807, 2.05) is 29.6 Å². The zero-order valence-corrected chi connectivity index (χ0v) is 17.2. The number of hydrogen-bond donors (Lipinski definition) is 2. The van der Waals surface area contributed by atoms with Crippen molar-refractivity contribution in [3.05, 3.63) is 82.6 Å². The summed E-state index contributed by atoms with van der Waals surface area (Å²) in [4.78, 5) is 27.6. The van der Waals surface area contributed by atoms with Crippen LogP contribution >= 0.6 is 11.3 Å². The Labute approximate surface area is 179 Å². The largest absolute Gasteiger partial charge is 0.366 e. The first-order valence-corrected chi connectivity index (χ1v) is 10.7. The lowest BCUT2D eigenvalue weighted by atomic mass is 10.2. The topological polar surface area (TPSA) is 70.7 Å². The molecule has 154 valence electrons. The van der Waals surface area contributed by atoms with Gasteiger partial charge in [0.1, 0.15) is 6.10 Å². The van der Waals surface area contributed by atoms with Crippen molar-refractivity contribution in [1.29, 1.82) is 0 Å². The van der Waals surface area contributed by atoms with Crippen molar-refractivity contribution in [3.63, 3.8) is 0 Å². The maximum atomic E-state index is 12.7. The first-order chi connectivity index (χ1) is 14.7. The Kier molecular flexibility index (Phi) is 6.53. The third kappa shape index (κ3) is 5.33. The van der Waals surface area contributed by atoms with Crippen molar-refractivity contribution >= 4 is 34.5 Å². The minimum absolute atomic E-state index is 0.143. The van der Waals surface area contributed by atoms with Gasteiger partial charge in [-0.15, -0.1) is 11.3 Å². The van der Waals surface area contributed by atoms with Gasteiger partial charge in [-0.1, -0.05) is 36.4 Å². The summed E-state index contributed by atoms with van der Waals surface area (Å²) in [5, 5.41) is 7.61. The first-order valence-electron chi connectivity index (χ1n) is 9.81. The number of anilines is 2. The monoisotopic (exact) mass is 421 g/mol. The lowest BCUT2D eigenvalue weighted by Crippen LogP contribution is -2.47. The average molecular weight is 422 g/mol. The lowest BCUT2D eigenvalue weighted by molar-refractivity contribution is -0.133. The number of carbonyl (C=O) groups is 2. The fraction of sp³-hybridized carbons (Fsp3) is 0.217. The SMILES string of the molecule is O=C(Nc1ccc(NC(=O)C2CN(Cc3ccccc3)CCO2)cc1)c1cccs1. The molecule has 1 unspecified atom stereocenters. The molecule has 1 fully saturated rings. The summed E-state index contributed by atoms with van der Waals surface area (Å²) in [5.74, 6) is -0.306. The van der Waals surface area contributed by atoms with Gasteiger partial charge in [0.2, 0.25) is 0 Å². The predicted octanol–water partition coefficient (Wildman–Crippen LogP) is 3.84. The van der Waals surface area contributed by atoms with E-state index >= 15 is 0 Å². The van der Waals surface area contributed by atoms with Crippen molar-refractivity contribution < 1.29 is 14.3 Å². The Morgan fingerprint density at radius 1 is 0.967 bits per heavy atom. The van der Waals surface area contributed by atoms with Gasteiger partial charge in [-0.2, -0.15) is 0 Å². The molecule has 1 aliphatic rings. The molecule has 4 rings (SSSR count). The number of nitrogens with zero attached hydrogens (tertiary/aromatic N) is 1. The van der Waals surface area contributed by atoms with Gasteiger partial charge in [-0.25, -0.2) is 0 Å². The van der Waals surface area contributed by atoms with E-state index in [0.717, 1.165) is 13.1 Å². The number of hydrogen-bond acceptors (Lipinski definition) is 5. The number of morpholine rings is 1. The third-order valence-electron chi connectivity index (χ3n) is 4.85. The van der Waals surface area contributed by atoms with Crippen molar-refractivity contribution in [3.8, 4) is 0 Å². The normalized spacial score (nSPS) is 16.7. The summed E-state index contributed by atoms with van der Waals surface area (Å²) in [6.07, 6.45) is -0.513. The van der Waals surface area contributed by atoms with Crippen molar-refractivity contribution in [1.82, 2.24) is 4.90 Å². The smallest absolute Gasteiger partial charge is 0.265 e. The molecule has 0 aliphatic carbocycles. The van der Waals surface area contributed by atoms with Gasteiger partial charge in [0.25, 0.3) is 11.8 Å². The summed E-state index contributed by atoms with van der Waals surface area (Å²) in [6.45, 7) is 2.68. The fourth-order valence-electron chi connectivity index (χ4n) is 3.31. The molecule has 2 N–H and O–H groups in total. The summed E-state index contributed by atoms with van der Waals surface area (Å²) in [7, 11) is 0. The summed E-state index contributed by atoms with van der Waals surface area (Å²) in [5.41, 5.74) is 2.56. The Morgan fingerprint density at radius 2 is 1.70 bits per heavy atom. The van der Waals surface area contributed by atoms with Crippen LogP contribution in [0.1, 0.15) is 15.2 Å². The van der Waals surface area contributed by atoms with Crippen LogP contribution in [0, 0.1) is 0 Å². The summed E-state index contributed by atoms with van der Waals surface area (Å²) in [6, 6.07) is 20.9. The van der Waals surface area contributed by atoms with Gasteiger partial charge < -0.3 is 15.4 Å². The van der Waals surface area contributed by atoms with E-state index < -0.39 is 6.10 Å². The molecule has 0 bridgehead atoms. The van der Waals surface area contributed by atoms with Gasteiger partial charge >= 0.3 is 0 Å². The van der Waals surface area contributed by atoms with E-state index in [4.69, 9.17) is 4.74 Å². The van der Waals surface area contributed by atoms with Crippen molar-refractivity contribution in [2.24, 2.45) is 0 Å². The van der Waals surface area contributed by atoms with Gasteiger partial charge in [-0.05, 0) is 41.3 Å². The lowest BCUT2D eigenvalue weighted by Gasteiger charge is -2.32. The van der Waals surface area contributed by atoms with Crippen molar-refractivity contribution in [2.45, 2.75) is 12.6 Å². The Balaban J connectivity index is 1.30. The molecular formula is C23H23N3O3S. The highest BCUT2D eigenvalue weighted by molar-refractivity contribution is 7.12. The van der Waals surface area contributed by atoms with E-state index in [-0.39, 0.29) is 11.8 Å². The van der Waals surface area contributed by atoms with Gasteiger partial charge in [0, 0.05) is 31.0 Å².